The van der Waals surface area contributed by atoms with E-state index in [1.54, 1.807) is 0 Å². The maximum atomic E-state index is 12.8. The number of carbonyl (C=O) groups is 1. The Labute approximate surface area is 121 Å². The predicted octanol–water partition coefficient (Wildman–Crippen LogP) is 3.45. The maximum Gasteiger partial charge on any atom is 0.254 e. The standard InChI is InChI=1S/C17H24N2O/c1-2-15-6-4-3-5-11-19(15)17(20)14-7-8-16-13(12-14)9-10-18-16/h7-8,12,15,18H,2-6,9-11H2,1H3. The molecule has 0 radical (unpaired) electrons. The second-order valence-corrected chi connectivity index (χ2v) is 5.96. The number of hydrogen-bond acceptors (Lipinski definition) is 2. The Morgan fingerprint density at radius 3 is 3.10 bits per heavy atom. The molecule has 1 N–H and O–H groups in total. The van der Waals surface area contributed by atoms with Crippen molar-refractivity contribution in [3.05, 3.63) is 29.3 Å². The molecule has 3 nitrogen and oxygen atoms in total. The normalized spacial score (nSPS) is 22.1. The summed E-state index contributed by atoms with van der Waals surface area (Å²) >= 11 is 0. The number of benzene rings is 1. The molecule has 1 aromatic carbocycles. The molecule has 2 aliphatic heterocycles. The number of fused-ring (bicyclic) bond motifs is 1. The van der Waals surface area contributed by atoms with Gasteiger partial charge in [-0.25, -0.2) is 0 Å². The van der Waals surface area contributed by atoms with Crippen molar-refractivity contribution in [2.45, 2.75) is 51.5 Å². The van der Waals surface area contributed by atoms with Crippen LogP contribution in [0.2, 0.25) is 0 Å². The minimum Gasteiger partial charge on any atom is -0.384 e. The number of carbonyl (C=O) groups excluding carboxylic acids is 1. The minimum atomic E-state index is 0.230. The van der Waals surface area contributed by atoms with E-state index >= 15 is 0 Å². The number of hydrogen-bond donors (Lipinski definition) is 1. The van der Waals surface area contributed by atoms with E-state index in [9.17, 15) is 4.79 Å². The van der Waals surface area contributed by atoms with Crippen LogP contribution in [-0.2, 0) is 6.42 Å². The van der Waals surface area contributed by atoms with E-state index in [4.69, 9.17) is 0 Å². The van der Waals surface area contributed by atoms with E-state index in [1.165, 1.54) is 24.1 Å². The number of nitrogens with one attached hydrogen (secondary N) is 1. The molecule has 0 aromatic heterocycles. The minimum absolute atomic E-state index is 0.230. The molecule has 0 bridgehead atoms. The Kier molecular flexibility index (Phi) is 3.95. The molecule has 0 aliphatic carbocycles. The molecule has 1 aromatic rings. The van der Waals surface area contributed by atoms with Crippen molar-refractivity contribution in [3.63, 3.8) is 0 Å². The van der Waals surface area contributed by atoms with E-state index in [0.29, 0.717) is 6.04 Å². The highest BCUT2D eigenvalue weighted by Crippen LogP contribution is 2.26. The number of anilines is 1. The summed E-state index contributed by atoms with van der Waals surface area (Å²) in [4.78, 5) is 14.9. The summed E-state index contributed by atoms with van der Waals surface area (Å²) in [6.45, 7) is 4.11. The highest BCUT2D eigenvalue weighted by Gasteiger charge is 2.25. The summed E-state index contributed by atoms with van der Waals surface area (Å²) in [5.41, 5.74) is 3.36. The van der Waals surface area contributed by atoms with Gasteiger partial charge in [0.15, 0.2) is 0 Å². The number of likely N-dealkylation sites (tertiary alicyclic amines) is 1. The van der Waals surface area contributed by atoms with Gasteiger partial charge in [0, 0.05) is 30.4 Å². The zero-order chi connectivity index (χ0) is 13.9. The Bertz CT molecular complexity index is 498. The molecule has 3 rings (SSSR count). The van der Waals surface area contributed by atoms with E-state index in [0.717, 1.165) is 44.3 Å². The lowest BCUT2D eigenvalue weighted by Gasteiger charge is -2.29. The third-order valence-corrected chi connectivity index (χ3v) is 4.67. The summed E-state index contributed by atoms with van der Waals surface area (Å²) < 4.78 is 0. The Morgan fingerprint density at radius 1 is 1.35 bits per heavy atom. The molecular weight excluding hydrogens is 248 g/mol. The molecule has 20 heavy (non-hydrogen) atoms. The lowest BCUT2D eigenvalue weighted by Crippen LogP contribution is -2.39. The van der Waals surface area contributed by atoms with Crippen LogP contribution in [-0.4, -0.2) is 29.9 Å². The fourth-order valence-corrected chi connectivity index (χ4v) is 3.47. The zero-order valence-corrected chi connectivity index (χ0v) is 12.3. The van der Waals surface area contributed by atoms with Crippen molar-refractivity contribution < 1.29 is 4.79 Å². The predicted molar refractivity (Wildman–Crippen MR) is 82.2 cm³/mol. The Morgan fingerprint density at radius 2 is 2.25 bits per heavy atom. The van der Waals surface area contributed by atoms with Crippen LogP contribution in [0.4, 0.5) is 5.69 Å². The van der Waals surface area contributed by atoms with Crippen molar-refractivity contribution in [2.75, 3.05) is 18.4 Å². The molecule has 1 fully saturated rings. The van der Waals surface area contributed by atoms with Gasteiger partial charge < -0.3 is 10.2 Å². The van der Waals surface area contributed by atoms with E-state index < -0.39 is 0 Å². The van der Waals surface area contributed by atoms with Crippen LogP contribution < -0.4 is 5.32 Å². The van der Waals surface area contributed by atoms with Crippen LogP contribution in [0, 0.1) is 0 Å². The van der Waals surface area contributed by atoms with Crippen LogP contribution in [0.5, 0.6) is 0 Å². The third kappa shape index (κ3) is 2.54. The van der Waals surface area contributed by atoms with Gasteiger partial charge in [0.1, 0.15) is 0 Å². The quantitative estimate of drug-likeness (QED) is 0.894. The molecule has 2 aliphatic rings. The average Bonchev–Trinajstić information content (AvgIpc) is 2.81. The molecule has 1 saturated heterocycles. The Balaban J connectivity index is 1.83. The van der Waals surface area contributed by atoms with Gasteiger partial charge in [0.2, 0.25) is 0 Å². The van der Waals surface area contributed by atoms with Crippen molar-refractivity contribution >= 4 is 11.6 Å². The largest absolute Gasteiger partial charge is 0.384 e. The lowest BCUT2D eigenvalue weighted by atomic mass is 10.0. The maximum absolute atomic E-state index is 12.8. The van der Waals surface area contributed by atoms with Gasteiger partial charge in [0.25, 0.3) is 5.91 Å². The summed E-state index contributed by atoms with van der Waals surface area (Å²) in [6, 6.07) is 6.57. The van der Waals surface area contributed by atoms with Crippen molar-refractivity contribution in [3.8, 4) is 0 Å². The fraction of sp³-hybridized carbons (Fsp3) is 0.588. The first-order valence-corrected chi connectivity index (χ1v) is 7.97. The van der Waals surface area contributed by atoms with Gasteiger partial charge >= 0.3 is 0 Å². The number of amides is 1. The average molecular weight is 272 g/mol. The van der Waals surface area contributed by atoms with Crippen LogP contribution in [0.25, 0.3) is 0 Å². The Hall–Kier alpha value is -1.51. The summed E-state index contributed by atoms with van der Waals surface area (Å²) in [6.07, 6.45) is 6.93. The molecule has 2 heterocycles. The first-order chi connectivity index (χ1) is 9.79. The van der Waals surface area contributed by atoms with Gasteiger partial charge in [-0.1, -0.05) is 19.8 Å². The SMILES string of the molecule is CCC1CCCCCN1C(=O)c1ccc2c(c1)CCN2. The lowest BCUT2D eigenvalue weighted by molar-refractivity contribution is 0.0678. The highest BCUT2D eigenvalue weighted by atomic mass is 16.2. The van der Waals surface area contributed by atoms with Gasteiger partial charge in [-0.2, -0.15) is 0 Å². The first-order valence-electron chi connectivity index (χ1n) is 7.97. The monoisotopic (exact) mass is 272 g/mol. The van der Waals surface area contributed by atoms with Gasteiger partial charge in [-0.15, -0.1) is 0 Å². The van der Waals surface area contributed by atoms with Crippen LogP contribution in [0.1, 0.15) is 54.9 Å². The third-order valence-electron chi connectivity index (χ3n) is 4.67. The summed E-state index contributed by atoms with van der Waals surface area (Å²) in [7, 11) is 0. The number of rotatable bonds is 2. The van der Waals surface area contributed by atoms with Gasteiger partial charge in [0.05, 0.1) is 0 Å². The van der Waals surface area contributed by atoms with E-state index in [1.807, 2.05) is 6.07 Å². The molecule has 1 atom stereocenters. The molecule has 0 saturated carbocycles. The van der Waals surface area contributed by atoms with Crippen LogP contribution in [0.15, 0.2) is 18.2 Å². The summed E-state index contributed by atoms with van der Waals surface area (Å²) in [5.74, 6) is 0.230. The fourth-order valence-electron chi connectivity index (χ4n) is 3.47. The second kappa shape index (κ2) is 5.86. The molecule has 108 valence electrons. The molecule has 1 amide bonds. The first kappa shape index (κ1) is 13.5. The summed E-state index contributed by atoms with van der Waals surface area (Å²) in [5, 5.41) is 3.35. The highest BCUT2D eigenvalue weighted by molar-refractivity contribution is 5.95. The molecule has 0 spiro atoms. The van der Waals surface area contributed by atoms with E-state index in [2.05, 4.69) is 29.3 Å². The van der Waals surface area contributed by atoms with Crippen LogP contribution in [0.3, 0.4) is 0 Å². The van der Waals surface area contributed by atoms with Crippen molar-refractivity contribution in [1.29, 1.82) is 0 Å². The molecular formula is C17H24N2O. The second-order valence-electron chi connectivity index (χ2n) is 5.96. The van der Waals surface area contributed by atoms with Crippen LogP contribution >= 0.6 is 0 Å². The van der Waals surface area contributed by atoms with E-state index in [-0.39, 0.29) is 5.91 Å². The van der Waals surface area contributed by atoms with Crippen molar-refractivity contribution in [2.24, 2.45) is 0 Å². The van der Waals surface area contributed by atoms with Gasteiger partial charge in [-0.05, 0) is 49.4 Å². The molecule has 1 unspecified atom stereocenters. The van der Waals surface area contributed by atoms with Crippen molar-refractivity contribution in [1.82, 2.24) is 4.90 Å². The number of nitrogens with zero attached hydrogens (tertiary/aromatic N) is 1. The zero-order valence-electron chi connectivity index (χ0n) is 12.3. The van der Waals surface area contributed by atoms with Gasteiger partial charge in [-0.3, -0.25) is 4.79 Å². The molecule has 3 heteroatoms. The topological polar surface area (TPSA) is 32.3 Å². The smallest absolute Gasteiger partial charge is 0.254 e.